The van der Waals surface area contributed by atoms with Gasteiger partial charge in [0.05, 0.1) is 4.88 Å². The summed E-state index contributed by atoms with van der Waals surface area (Å²) in [5, 5.41) is 8.82. The third-order valence-corrected chi connectivity index (χ3v) is 4.78. The first-order valence-corrected chi connectivity index (χ1v) is 6.45. The van der Waals surface area contributed by atoms with Gasteiger partial charge in [0, 0.05) is 4.88 Å². The minimum absolute atomic E-state index is 0.522. The Morgan fingerprint density at radius 2 is 2.14 bits per heavy atom. The summed E-state index contributed by atoms with van der Waals surface area (Å²) >= 11 is 9.04. The summed E-state index contributed by atoms with van der Waals surface area (Å²) in [7, 11) is 0. The van der Waals surface area contributed by atoms with Crippen molar-refractivity contribution in [3.8, 4) is 9.88 Å². The van der Waals surface area contributed by atoms with Gasteiger partial charge in [0.2, 0.25) is 4.47 Å². The third kappa shape index (κ3) is 1.38. The zero-order valence-corrected chi connectivity index (χ0v) is 9.68. The molecule has 0 radical (unpaired) electrons. The van der Waals surface area contributed by atoms with Gasteiger partial charge in [-0.2, -0.15) is 0 Å². The number of rotatable bonds is 1. The minimum Gasteiger partial charge on any atom is -0.137 e. The van der Waals surface area contributed by atoms with Gasteiger partial charge >= 0.3 is 0 Å². The molecule has 0 N–H and O–H groups in total. The average molecular weight is 243 g/mol. The van der Waals surface area contributed by atoms with E-state index in [1.807, 2.05) is 11.3 Å². The quantitative estimate of drug-likeness (QED) is 0.766. The number of nitrogens with zero attached hydrogens (tertiary/aromatic N) is 2. The van der Waals surface area contributed by atoms with E-state index in [2.05, 4.69) is 16.3 Å². The summed E-state index contributed by atoms with van der Waals surface area (Å²) in [5.74, 6) is 0. The van der Waals surface area contributed by atoms with Crippen molar-refractivity contribution >= 4 is 34.3 Å². The molecular weight excluding hydrogens is 236 g/mol. The van der Waals surface area contributed by atoms with Crippen LogP contribution in [0.1, 0.15) is 16.9 Å². The summed E-state index contributed by atoms with van der Waals surface area (Å²) in [4.78, 5) is 2.74. The Hall–Kier alpha value is -0.450. The van der Waals surface area contributed by atoms with Crippen LogP contribution in [-0.2, 0) is 12.8 Å². The van der Waals surface area contributed by atoms with E-state index >= 15 is 0 Å². The molecule has 0 aliphatic heterocycles. The van der Waals surface area contributed by atoms with Gasteiger partial charge < -0.3 is 0 Å². The van der Waals surface area contributed by atoms with Crippen LogP contribution in [0, 0.1) is 0 Å². The van der Waals surface area contributed by atoms with Crippen LogP contribution in [0.15, 0.2) is 6.07 Å². The second kappa shape index (κ2) is 3.29. The van der Waals surface area contributed by atoms with Crippen molar-refractivity contribution in [3.63, 3.8) is 0 Å². The molecule has 1 aliphatic carbocycles. The molecule has 0 fully saturated rings. The van der Waals surface area contributed by atoms with Gasteiger partial charge in [-0.1, -0.05) is 11.3 Å². The van der Waals surface area contributed by atoms with E-state index in [0.717, 1.165) is 5.01 Å². The summed E-state index contributed by atoms with van der Waals surface area (Å²) in [6.45, 7) is 0. The zero-order chi connectivity index (χ0) is 9.54. The summed E-state index contributed by atoms with van der Waals surface area (Å²) in [6.07, 6.45) is 3.75. The first-order valence-electron chi connectivity index (χ1n) is 4.44. The van der Waals surface area contributed by atoms with E-state index in [0.29, 0.717) is 4.47 Å². The van der Waals surface area contributed by atoms with Crippen LogP contribution < -0.4 is 0 Å². The molecule has 0 aromatic carbocycles. The molecule has 0 unspecified atom stereocenters. The van der Waals surface area contributed by atoms with Crippen molar-refractivity contribution in [2.45, 2.75) is 19.3 Å². The van der Waals surface area contributed by atoms with Crippen LogP contribution in [-0.4, -0.2) is 10.2 Å². The fourth-order valence-corrected chi connectivity index (χ4v) is 3.86. The highest BCUT2D eigenvalue weighted by atomic mass is 35.5. The maximum Gasteiger partial charge on any atom is 0.207 e. The predicted molar refractivity (Wildman–Crippen MR) is 60.3 cm³/mol. The topological polar surface area (TPSA) is 25.8 Å². The first-order chi connectivity index (χ1) is 6.83. The lowest BCUT2D eigenvalue weighted by Crippen LogP contribution is -1.73. The first kappa shape index (κ1) is 8.83. The summed E-state index contributed by atoms with van der Waals surface area (Å²) < 4.78 is 0.522. The molecule has 72 valence electrons. The van der Waals surface area contributed by atoms with Gasteiger partial charge in [-0.05, 0) is 42.5 Å². The smallest absolute Gasteiger partial charge is 0.137 e. The SMILES string of the molecule is Clc1nnc(-c2cc3c(s2)CCC3)s1. The van der Waals surface area contributed by atoms with Crippen LogP contribution in [0.3, 0.4) is 0 Å². The number of thiophene rings is 1. The van der Waals surface area contributed by atoms with Crippen LogP contribution >= 0.6 is 34.3 Å². The normalized spacial score (nSPS) is 14.6. The Morgan fingerprint density at radius 3 is 2.86 bits per heavy atom. The van der Waals surface area contributed by atoms with Crippen molar-refractivity contribution in [1.29, 1.82) is 0 Å². The Balaban J connectivity index is 2.05. The zero-order valence-electron chi connectivity index (χ0n) is 7.29. The monoisotopic (exact) mass is 242 g/mol. The predicted octanol–water partition coefficient (Wildman–Crippen LogP) is 3.41. The van der Waals surface area contributed by atoms with E-state index < -0.39 is 0 Å². The number of fused-ring (bicyclic) bond motifs is 1. The highest BCUT2D eigenvalue weighted by molar-refractivity contribution is 7.23. The number of hydrogen-bond acceptors (Lipinski definition) is 4. The number of aromatic nitrogens is 2. The van der Waals surface area contributed by atoms with Gasteiger partial charge in [0.15, 0.2) is 5.01 Å². The Morgan fingerprint density at radius 1 is 1.21 bits per heavy atom. The van der Waals surface area contributed by atoms with Crippen LogP contribution in [0.5, 0.6) is 0 Å². The largest absolute Gasteiger partial charge is 0.207 e. The van der Waals surface area contributed by atoms with E-state index in [-0.39, 0.29) is 0 Å². The van der Waals surface area contributed by atoms with Crippen molar-refractivity contribution in [3.05, 3.63) is 21.0 Å². The average Bonchev–Trinajstić information content (AvgIpc) is 2.75. The van der Waals surface area contributed by atoms with Crippen molar-refractivity contribution in [1.82, 2.24) is 10.2 Å². The fourth-order valence-electron chi connectivity index (χ4n) is 1.74. The maximum absolute atomic E-state index is 5.75. The molecule has 0 saturated heterocycles. The highest BCUT2D eigenvalue weighted by Crippen LogP contribution is 2.38. The second-order valence-corrected chi connectivity index (χ2v) is 5.97. The Kier molecular flexibility index (Phi) is 2.08. The lowest BCUT2D eigenvalue weighted by molar-refractivity contribution is 0.915. The molecule has 1 aliphatic rings. The van der Waals surface area contributed by atoms with E-state index in [4.69, 9.17) is 11.6 Å². The molecule has 2 nitrogen and oxygen atoms in total. The van der Waals surface area contributed by atoms with Gasteiger partial charge in [-0.15, -0.1) is 21.5 Å². The Labute approximate surface area is 94.6 Å². The molecule has 0 amide bonds. The van der Waals surface area contributed by atoms with Gasteiger partial charge in [0.1, 0.15) is 0 Å². The van der Waals surface area contributed by atoms with Crippen LogP contribution in [0.25, 0.3) is 9.88 Å². The minimum atomic E-state index is 0.522. The van der Waals surface area contributed by atoms with Crippen molar-refractivity contribution < 1.29 is 0 Å². The molecule has 3 rings (SSSR count). The van der Waals surface area contributed by atoms with Gasteiger partial charge in [-0.25, -0.2) is 0 Å². The summed E-state index contributed by atoms with van der Waals surface area (Å²) in [6, 6.07) is 2.24. The van der Waals surface area contributed by atoms with Crippen LogP contribution in [0.2, 0.25) is 4.47 Å². The lowest BCUT2D eigenvalue weighted by Gasteiger charge is -1.87. The van der Waals surface area contributed by atoms with E-state index in [9.17, 15) is 0 Å². The Bertz CT molecular complexity index is 453. The second-order valence-electron chi connectivity index (χ2n) is 3.27. The molecule has 0 atom stereocenters. The third-order valence-electron chi connectivity index (χ3n) is 2.36. The van der Waals surface area contributed by atoms with Gasteiger partial charge in [0.25, 0.3) is 0 Å². The van der Waals surface area contributed by atoms with E-state index in [1.165, 1.54) is 45.9 Å². The molecule has 5 heteroatoms. The molecule has 0 bridgehead atoms. The van der Waals surface area contributed by atoms with Crippen molar-refractivity contribution in [2.75, 3.05) is 0 Å². The molecule has 0 spiro atoms. The van der Waals surface area contributed by atoms with Crippen LogP contribution in [0.4, 0.5) is 0 Å². The molecule has 0 saturated carbocycles. The molecule has 14 heavy (non-hydrogen) atoms. The van der Waals surface area contributed by atoms with E-state index in [1.54, 1.807) is 0 Å². The molecule has 2 aromatic rings. The molecule has 2 heterocycles. The van der Waals surface area contributed by atoms with Crippen molar-refractivity contribution in [2.24, 2.45) is 0 Å². The number of aryl methyl sites for hydroxylation is 2. The number of hydrogen-bond donors (Lipinski definition) is 0. The molecule has 2 aromatic heterocycles. The standard InChI is InChI=1S/C9H7ClN2S2/c10-9-12-11-8(14-9)7-4-5-2-1-3-6(5)13-7/h4H,1-3H2. The summed E-state index contributed by atoms with van der Waals surface area (Å²) in [5.41, 5.74) is 1.50. The maximum atomic E-state index is 5.75. The lowest BCUT2D eigenvalue weighted by atomic mass is 10.2. The fraction of sp³-hybridized carbons (Fsp3) is 0.333. The number of halogens is 1. The van der Waals surface area contributed by atoms with Gasteiger partial charge in [-0.3, -0.25) is 0 Å². The molecular formula is C9H7ClN2S2. The highest BCUT2D eigenvalue weighted by Gasteiger charge is 2.17.